The second-order valence-corrected chi connectivity index (χ2v) is 3.33. The molecule has 0 aromatic rings. The molecule has 1 amide bonds. The van der Waals surface area contributed by atoms with Crippen molar-refractivity contribution in [3.05, 3.63) is 0 Å². The number of nitrogens with one attached hydrogen (secondary N) is 1. The first-order valence-electron chi connectivity index (χ1n) is 4.29. The smallest absolute Gasteiger partial charge is 0.217 e. The molecule has 13 heavy (non-hydrogen) atoms. The van der Waals surface area contributed by atoms with Crippen LogP contribution in [0.3, 0.4) is 0 Å². The number of carbonyl (C=O) groups excluding carboxylic acids is 1. The number of rotatable bonds is 1. The Hall–Kier alpha value is -0.650. The number of aliphatic hydroxyl groups excluding tert-OH is 2. The van der Waals surface area contributed by atoms with Gasteiger partial charge in [-0.15, -0.1) is 0 Å². The Kier molecular flexibility index (Phi) is 3.24. The summed E-state index contributed by atoms with van der Waals surface area (Å²) < 4.78 is 4.96. The minimum atomic E-state index is -0.907. The fraction of sp³-hybridized carbons (Fsp3) is 0.875. The van der Waals surface area contributed by atoms with Crippen LogP contribution in [0.25, 0.3) is 0 Å². The molecular formula is C8H15NO4. The Balaban J connectivity index is 2.55. The van der Waals surface area contributed by atoms with Crippen molar-refractivity contribution >= 4 is 5.91 Å². The highest BCUT2D eigenvalue weighted by Crippen LogP contribution is 2.18. The van der Waals surface area contributed by atoms with Crippen molar-refractivity contribution in [2.75, 3.05) is 0 Å². The van der Waals surface area contributed by atoms with E-state index in [4.69, 9.17) is 4.74 Å². The van der Waals surface area contributed by atoms with Crippen molar-refractivity contribution in [2.45, 2.75) is 44.8 Å². The van der Waals surface area contributed by atoms with Gasteiger partial charge in [-0.2, -0.15) is 0 Å². The number of aliphatic hydroxyl groups is 2. The van der Waals surface area contributed by atoms with Crippen molar-refractivity contribution in [2.24, 2.45) is 0 Å². The van der Waals surface area contributed by atoms with E-state index in [1.54, 1.807) is 6.92 Å². The number of amides is 1. The standard InChI is InChI=1S/C8H15NO4/c1-4-8(12)6(9-5(2)10)3-7(11)13-4/h4,6-8,11-12H,3H2,1-2H3,(H,9,10)/t4-,6-,7-,8+/m0/s1. The van der Waals surface area contributed by atoms with E-state index in [1.807, 2.05) is 0 Å². The zero-order chi connectivity index (χ0) is 10.0. The molecule has 1 aliphatic rings. The van der Waals surface area contributed by atoms with Crippen LogP contribution in [0, 0.1) is 0 Å². The van der Waals surface area contributed by atoms with Gasteiger partial charge < -0.3 is 20.3 Å². The molecule has 0 aromatic heterocycles. The van der Waals surface area contributed by atoms with Crippen LogP contribution in [0.1, 0.15) is 20.3 Å². The van der Waals surface area contributed by atoms with Crippen molar-refractivity contribution < 1.29 is 19.7 Å². The summed E-state index contributed by atoms with van der Waals surface area (Å²) in [5, 5.41) is 21.3. The molecule has 1 aliphatic heterocycles. The fourth-order valence-corrected chi connectivity index (χ4v) is 1.47. The number of hydrogen-bond donors (Lipinski definition) is 3. The Morgan fingerprint density at radius 1 is 1.54 bits per heavy atom. The third kappa shape index (κ3) is 2.65. The first kappa shape index (κ1) is 10.4. The predicted molar refractivity (Wildman–Crippen MR) is 44.8 cm³/mol. The molecule has 1 rings (SSSR count). The molecule has 0 aliphatic carbocycles. The van der Waals surface area contributed by atoms with Gasteiger partial charge in [-0.25, -0.2) is 0 Å². The fourth-order valence-electron chi connectivity index (χ4n) is 1.47. The average Bonchev–Trinajstić information content (AvgIpc) is 1.98. The van der Waals surface area contributed by atoms with Crippen molar-refractivity contribution in [3.63, 3.8) is 0 Å². The van der Waals surface area contributed by atoms with Gasteiger partial charge in [0, 0.05) is 13.3 Å². The third-order valence-electron chi connectivity index (χ3n) is 2.11. The summed E-state index contributed by atoms with van der Waals surface area (Å²) >= 11 is 0. The van der Waals surface area contributed by atoms with Gasteiger partial charge in [-0.05, 0) is 6.92 Å². The Morgan fingerprint density at radius 3 is 2.69 bits per heavy atom. The topological polar surface area (TPSA) is 78.8 Å². The Morgan fingerprint density at radius 2 is 2.15 bits per heavy atom. The first-order chi connectivity index (χ1) is 6.00. The molecule has 5 heteroatoms. The summed E-state index contributed by atoms with van der Waals surface area (Å²) in [4.78, 5) is 10.7. The highest BCUT2D eigenvalue weighted by molar-refractivity contribution is 5.73. The Bertz CT molecular complexity index is 197. The van der Waals surface area contributed by atoms with Crippen LogP contribution in [0.2, 0.25) is 0 Å². The molecule has 1 heterocycles. The van der Waals surface area contributed by atoms with Gasteiger partial charge in [0.2, 0.25) is 5.91 Å². The minimum Gasteiger partial charge on any atom is -0.388 e. The first-order valence-corrected chi connectivity index (χ1v) is 4.29. The van der Waals surface area contributed by atoms with Crippen LogP contribution in [0.15, 0.2) is 0 Å². The highest BCUT2D eigenvalue weighted by Gasteiger charge is 2.34. The molecule has 0 spiro atoms. The molecule has 0 aromatic carbocycles. The SMILES string of the molecule is CC(=O)N[C@H]1C[C@@H](O)O[C@@H](C)[C@H]1O. The second kappa shape index (κ2) is 4.04. The lowest BCUT2D eigenvalue weighted by molar-refractivity contribution is -0.202. The summed E-state index contributed by atoms with van der Waals surface area (Å²) in [5.74, 6) is -0.217. The molecular weight excluding hydrogens is 174 g/mol. The maximum atomic E-state index is 10.7. The summed E-state index contributed by atoms with van der Waals surface area (Å²) in [6.45, 7) is 3.03. The lowest BCUT2D eigenvalue weighted by Crippen LogP contribution is -2.54. The summed E-state index contributed by atoms with van der Waals surface area (Å²) in [7, 11) is 0. The third-order valence-corrected chi connectivity index (χ3v) is 2.11. The maximum absolute atomic E-state index is 10.7. The van der Waals surface area contributed by atoms with Crippen LogP contribution >= 0.6 is 0 Å². The van der Waals surface area contributed by atoms with E-state index in [0.29, 0.717) is 0 Å². The van der Waals surface area contributed by atoms with Gasteiger partial charge in [0.15, 0.2) is 6.29 Å². The molecule has 4 atom stereocenters. The molecule has 1 fully saturated rings. The number of ether oxygens (including phenoxy) is 1. The molecule has 0 saturated carbocycles. The lowest BCUT2D eigenvalue weighted by atomic mass is 10.00. The summed E-state index contributed by atoms with van der Waals surface area (Å²) in [6, 6.07) is -0.420. The predicted octanol–water partition coefficient (Wildman–Crippen LogP) is -1.02. The summed E-state index contributed by atoms with van der Waals surface area (Å²) in [6.07, 6.45) is -1.89. The van der Waals surface area contributed by atoms with Crippen molar-refractivity contribution in [1.29, 1.82) is 0 Å². The van der Waals surface area contributed by atoms with E-state index < -0.39 is 24.5 Å². The average molecular weight is 189 g/mol. The minimum absolute atomic E-state index is 0.217. The van der Waals surface area contributed by atoms with E-state index in [-0.39, 0.29) is 12.3 Å². The molecule has 0 unspecified atom stereocenters. The van der Waals surface area contributed by atoms with E-state index in [0.717, 1.165) is 0 Å². The Labute approximate surface area is 76.7 Å². The molecule has 5 nitrogen and oxygen atoms in total. The van der Waals surface area contributed by atoms with Gasteiger partial charge >= 0.3 is 0 Å². The van der Waals surface area contributed by atoms with Gasteiger partial charge in [-0.1, -0.05) is 0 Å². The van der Waals surface area contributed by atoms with Crippen LogP contribution in [0.5, 0.6) is 0 Å². The van der Waals surface area contributed by atoms with Gasteiger partial charge in [0.05, 0.1) is 12.1 Å². The van der Waals surface area contributed by atoms with Gasteiger partial charge in [-0.3, -0.25) is 4.79 Å². The quantitative estimate of drug-likeness (QED) is 0.493. The van der Waals surface area contributed by atoms with Crippen molar-refractivity contribution in [3.8, 4) is 0 Å². The zero-order valence-corrected chi connectivity index (χ0v) is 7.73. The van der Waals surface area contributed by atoms with Crippen LogP contribution in [-0.4, -0.2) is 40.7 Å². The summed E-state index contributed by atoms with van der Waals surface area (Å²) in [5.41, 5.74) is 0. The monoisotopic (exact) mass is 189 g/mol. The highest BCUT2D eigenvalue weighted by atomic mass is 16.6. The maximum Gasteiger partial charge on any atom is 0.217 e. The van der Waals surface area contributed by atoms with E-state index >= 15 is 0 Å². The van der Waals surface area contributed by atoms with Crippen molar-refractivity contribution in [1.82, 2.24) is 5.32 Å². The van der Waals surface area contributed by atoms with Crippen LogP contribution in [0.4, 0.5) is 0 Å². The molecule has 76 valence electrons. The van der Waals surface area contributed by atoms with Crippen LogP contribution < -0.4 is 5.32 Å². The number of hydrogen-bond acceptors (Lipinski definition) is 4. The van der Waals surface area contributed by atoms with E-state index in [1.165, 1.54) is 6.92 Å². The lowest BCUT2D eigenvalue weighted by Gasteiger charge is -2.35. The van der Waals surface area contributed by atoms with Gasteiger partial charge in [0.25, 0.3) is 0 Å². The molecule has 3 N–H and O–H groups in total. The largest absolute Gasteiger partial charge is 0.388 e. The van der Waals surface area contributed by atoms with E-state index in [9.17, 15) is 15.0 Å². The zero-order valence-electron chi connectivity index (χ0n) is 7.73. The van der Waals surface area contributed by atoms with Crippen LogP contribution in [-0.2, 0) is 9.53 Å². The normalized spacial score (nSPS) is 40.0. The van der Waals surface area contributed by atoms with Gasteiger partial charge in [0.1, 0.15) is 6.10 Å². The molecule has 0 bridgehead atoms. The second-order valence-electron chi connectivity index (χ2n) is 3.33. The number of carbonyl (C=O) groups is 1. The molecule has 1 saturated heterocycles. The van der Waals surface area contributed by atoms with E-state index in [2.05, 4.69) is 5.32 Å². The molecule has 0 radical (unpaired) electrons.